The third-order valence-corrected chi connectivity index (χ3v) is 8.53. The molecule has 3 aromatic carbocycles. The summed E-state index contributed by atoms with van der Waals surface area (Å²) in [5.74, 6) is 3.04. The number of fused-ring (bicyclic) bond motifs is 4. The van der Waals surface area contributed by atoms with Crippen molar-refractivity contribution >= 4 is 43.1 Å². The van der Waals surface area contributed by atoms with E-state index in [2.05, 4.69) is 27.4 Å². The zero-order valence-corrected chi connectivity index (χ0v) is 22.3. The van der Waals surface area contributed by atoms with Gasteiger partial charge >= 0.3 is 10.2 Å². The number of terminal acetylenes is 1. The molecule has 0 bridgehead atoms. The lowest BCUT2D eigenvalue weighted by Crippen LogP contribution is -2.32. The number of H-pyrrole nitrogens is 1. The Morgan fingerprint density at radius 1 is 1.08 bits per heavy atom. The van der Waals surface area contributed by atoms with Crippen molar-refractivity contribution in [1.29, 1.82) is 0 Å². The van der Waals surface area contributed by atoms with Crippen LogP contribution in [0.15, 0.2) is 64.3 Å². The predicted octanol–water partition coefficient (Wildman–Crippen LogP) is 5.22. The van der Waals surface area contributed by atoms with Crippen LogP contribution < -0.4 is 10.2 Å². The minimum absolute atomic E-state index is 0.103. The van der Waals surface area contributed by atoms with E-state index in [1.54, 1.807) is 12.1 Å². The highest BCUT2D eigenvalue weighted by Gasteiger charge is 2.26. The summed E-state index contributed by atoms with van der Waals surface area (Å²) >= 11 is 0. The molecule has 0 amide bonds. The lowest BCUT2D eigenvalue weighted by Gasteiger charge is -2.32. The second kappa shape index (κ2) is 9.26. The van der Waals surface area contributed by atoms with E-state index < -0.39 is 15.1 Å². The van der Waals surface area contributed by atoms with Gasteiger partial charge in [0.25, 0.3) is 0 Å². The standard InChI is InChI=1S/C30H26FN3O4S/c1-4-18-8-9-22-25(14-18)32-30-28(22)29(35)24-17-27(38-3)23(19-6-5-7-21(15-19)39(31,36)37)16-26(24)34(30)20-10-12-33(2)13-11-20/h1,5-9,14-17,20,32H,10-13H2,2-3H3. The fourth-order valence-electron chi connectivity index (χ4n) is 5.73. The molecule has 1 saturated heterocycles. The predicted molar refractivity (Wildman–Crippen MR) is 152 cm³/mol. The van der Waals surface area contributed by atoms with Gasteiger partial charge in [0, 0.05) is 28.1 Å². The zero-order chi connectivity index (χ0) is 27.5. The molecular weight excluding hydrogens is 517 g/mol. The molecule has 2 aromatic heterocycles. The molecule has 1 N–H and O–H groups in total. The van der Waals surface area contributed by atoms with Crippen LogP contribution in [-0.2, 0) is 10.2 Å². The van der Waals surface area contributed by atoms with Crippen LogP contribution in [0.3, 0.4) is 0 Å². The lowest BCUT2D eigenvalue weighted by atomic mass is 9.98. The molecule has 0 unspecified atom stereocenters. The third-order valence-electron chi connectivity index (χ3n) is 7.72. The number of halogens is 1. The van der Waals surface area contributed by atoms with Crippen molar-refractivity contribution in [3.05, 3.63) is 70.4 Å². The van der Waals surface area contributed by atoms with Crippen LogP contribution in [0.5, 0.6) is 5.75 Å². The lowest BCUT2D eigenvalue weighted by molar-refractivity contribution is 0.226. The third kappa shape index (κ3) is 4.17. The highest BCUT2D eigenvalue weighted by atomic mass is 32.3. The minimum Gasteiger partial charge on any atom is -0.496 e. The summed E-state index contributed by atoms with van der Waals surface area (Å²) < 4.78 is 45.0. The van der Waals surface area contributed by atoms with Crippen molar-refractivity contribution in [2.45, 2.75) is 23.8 Å². The first kappa shape index (κ1) is 25.2. The van der Waals surface area contributed by atoms with E-state index in [0.29, 0.717) is 44.4 Å². The maximum absolute atomic E-state index is 14.0. The van der Waals surface area contributed by atoms with Gasteiger partial charge in [0.2, 0.25) is 0 Å². The van der Waals surface area contributed by atoms with Gasteiger partial charge in [-0.05, 0) is 74.9 Å². The van der Waals surface area contributed by atoms with Gasteiger partial charge in [0.15, 0.2) is 5.43 Å². The van der Waals surface area contributed by atoms with Crippen LogP contribution in [0.4, 0.5) is 3.89 Å². The summed E-state index contributed by atoms with van der Waals surface area (Å²) in [6, 6.07) is 14.9. The molecule has 6 rings (SSSR count). The van der Waals surface area contributed by atoms with Gasteiger partial charge in [0.05, 0.1) is 28.3 Å². The Hall–Kier alpha value is -4.13. The van der Waals surface area contributed by atoms with E-state index in [9.17, 15) is 17.1 Å². The number of benzene rings is 3. The first-order valence-corrected chi connectivity index (χ1v) is 14.0. The summed E-state index contributed by atoms with van der Waals surface area (Å²) in [7, 11) is -1.32. The second-order valence-electron chi connectivity index (χ2n) is 10.0. The Morgan fingerprint density at radius 2 is 1.85 bits per heavy atom. The van der Waals surface area contributed by atoms with Crippen LogP contribution >= 0.6 is 0 Å². The average molecular weight is 544 g/mol. The van der Waals surface area contributed by atoms with Gasteiger partial charge in [-0.2, -0.15) is 8.42 Å². The summed E-state index contributed by atoms with van der Waals surface area (Å²) in [5.41, 5.74) is 3.77. The van der Waals surface area contributed by atoms with E-state index in [0.717, 1.165) is 36.8 Å². The summed E-state index contributed by atoms with van der Waals surface area (Å²) in [6.07, 6.45) is 7.40. The van der Waals surface area contributed by atoms with Crippen LogP contribution in [0.2, 0.25) is 0 Å². The summed E-state index contributed by atoms with van der Waals surface area (Å²) in [5, 5.41) is 1.86. The number of nitrogens with one attached hydrogen (secondary N) is 1. The molecule has 5 aromatic rings. The molecule has 0 spiro atoms. The molecule has 1 fully saturated rings. The Balaban J connectivity index is 1.73. The van der Waals surface area contributed by atoms with Gasteiger partial charge in [-0.1, -0.05) is 24.1 Å². The van der Waals surface area contributed by atoms with Crippen LogP contribution in [0.25, 0.3) is 44.0 Å². The van der Waals surface area contributed by atoms with Crippen molar-refractivity contribution in [1.82, 2.24) is 14.5 Å². The normalized spacial score (nSPS) is 15.2. The number of aromatic nitrogens is 2. The van der Waals surface area contributed by atoms with Crippen LogP contribution in [0, 0.1) is 12.3 Å². The number of ether oxygens (including phenoxy) is 1. The van der Waals surface area contributed by atoms with Crippen molar-refractivity contribution in [3.63, 3.8) is 0 Å². The van der Waals surface area contributed by atoms with Crippen LogP contribution in [0.1, 0.15) is 24.4 Å². The topological polar surface area (TPSA) is 84.4 Å². The number of aromatic amines is 1. The fraction of sp³-hybridized carbons (Fsp3) is 0.233. The van der Waals surface area contributed by atoms with Crippen molar-refractivity contribution < 1.29 is 17.0 Å². The van der Waals surface area contributed by atoms with Crippen molar-refractivity contribution in [2.75, 3.05) is 27.2 Å². The number of piperidine rings is 1. The minimum atomic E-state index is -4.90. The quantitative estimate of drug-likeness (QED) is 0.248. The van der Waals surface area contributed by atoms with E-state index in [-0.39, 0.29) is 11.5 Å². The summed E-state index contributed by atoms with van der Waals surface area (Å²) in [6.45, 7) is 1.81. The number of rotatable bonds is 4. The van der Waals surface area contributed by atoms with Crippen LogP contribution in [-0.4, -0.2) is 50.1 Å². The Labute approximate surface area is 225 Å². The fourth-order valence-corrected chi connectivity index (χ4v) is 6.24. The van der Waals surface area contributed by atoms with Gasteiger partial charge in [-0.15, -0.1) is 10.3 Å². The largest absolute Gasteiger partial charge is 0.496 e. The smallest absolute Gasteiger partial charge is 0.332 e. The molecule has 1 aliphatic rings. The van der Waals surface area contributed by atoms with E-state index in [1.165, 1.54) is 25.3 Å². The van der Waals surface area contributed by atoms with Crippen molar-refractivity contribution in [3.8, 4) is 29.2 Å². The molecule has 39 heavy (non-hydrogen) atoms. The first-order chi connectivity index (χ1) is 18.7. The van der Waals surface area contributed by atoms with E-state index in [4.69, 9.17) is 11.2 Å². The molecule has 1 aliphatic heterocycles. The molecule has 0 aliphatic carbocycles. The number of hydrogen-bond acceptors (Lipinski definition) is 5. The second-order valence-corrected chi connectivity index (χ2v) is 11.4. The van der Waals surface area contributed by atoms with Gasteiger partial charge in [0.1, 0.15) is 11.4 Å². The maximum atomic E-state index is 14.0. The maximum Gasteiger partial charge on any atom is 0.332 e. The molecule has 9 heteroatoms. The van der Waals surface area contributed by atoms with E-state index in [1.807, 2.05) is 24.3 Å². The Kier molecular flexibility index (Phi) is 5.97. The van der Waals surface area contributed by atoms with E-state index >= 15 is 0 Å². The molecule has 3 heterocycles. The van der Waals surface area contributed by atoms with Gasteiger partial charge < -0.3 is 19.2 Å². The van der Waals surface area contributed by atoms with Gasteiger partial charge in [-0.3, -0.25) is 4.79 Å². The Morgan fingerprint density at radius 3 is 2.54 bits per heavy atom. The number of hydrogen-bond donors (Lipinski definition) is 1. The number of likely N-dealkylation sites (tertiary alicyclic amines) is 1. The molecule has 0 radical (unpaired) electrons. The zero-order valence-electron chi connectivity index (χ0n) is 21.5. The summed E-state index contributed by atoms with van der Waals surface area (Å²) in [4.78, 5) is 19.4. The average Bonchev–Trinajstić information content (AvgIpc) is 3.31. The molecular formula is C30H26FN3O4S. The highest BCUT2D eigenvalue weighted by molar-refractivity contribution is 7.86. The number of pyridine rings is 1. The molecule has 7 nitrogen and oxygen atoms in total. The monoisotopic (exact) mass is 543 g/mol. The number of nitrogens with zero attached hydrogens (tertiary/aromatic N) is 2. The highest BCUT2D eigenvalue weighted by Crippen LogP contribution is 2.39. The molecule has 0 atom stereocenters. The van der Waals surface area contributed by atoms with Gasteiger partial charge in [-0.25, -0.2) is 0 Å². The molecule has 0 saturated carbocycles. The number of methoxy groups -OCH3 is 1. The Bertz CT molecular complexity index is 2000. The van der Waals surface area contributed by atoms with Crippen molar-refractivity contribution in [2.24, 2.45) is 0 Å². The molecule has 198 valence electrons. The first-order valence-electron chi connectivity index (χ1n) is 12.6. The SMILES string of the molecule is C#Cc1ccc2c(c1)[nH]c1c2c(=O)c2cc(OC)c(-c3cccc(S(=O)(=O)F)c3)cc2n1C1CCN(C)CC1.